The average Bonchev–Trinajstić information content (AvgIpc) is 2.38. The molecule has 0 aromatic carbocycles. The van der Waals surface area contributed by atoms with Gasteiger partial charge in [0.05, 0.1) is 0 Å². The van der Waals surface area contributed by atoms with E-state index in [0.29, 0.717) is 12.3 Å². The molecule has 4 nitrogen and oxygen atoms in total. The summed E-state index contributed by atoms with van der Waals surface area (Å²) in [5.74, 6) is 0. The van der Waals surface area contributed by atoms with E-state index in [0.717, 1.165) is 25.7 Å². The van der Waals surface area contributed by atoms with Crippen molar-refractivity contribution in [3.05, 3.63) is 0 Å². The third-order valence-electron chi connectivity index (χ3n) is 2.97. The predicted molar refractivity (Wildman–Crippen MR) is 85.3 cm³/mol. The van der Waals surface area contributed by atoms with Gasteiger partial charge in [-0.2, -0.15) is 0 Å². The van der Waals surface area contributed by atoms with E-state index in [1.807, 2.05) is 0 Å². The summed E-state index contributed by atoms with van der Waals surface area (Å²) in [7, 11) is -4.84. The van der Waals surface area contributed by atoms with Gasteiger partial charge in [-0.1, -0.05) is 65.2 Å². The molecule has 0 aromatic rings. The first-order valence-electron chi connectivity index (χ1n) is 7.94. The van der Waals surface area contributed by atoms with Crippen molar-refractivity contribution in [2.24, 2.45) is 0 Å². The van der Waals surface area contributed by atoms with Gasteiger partial charge in [0, 0.05) is 16.1 Å². The molecule has 0 aliphatic rings. The molecule has 0 heterocycles. The molecule has 0 rings (SSSR count). The molecule has 2 atom stereocenters. The molecular weight excluding hydrogens is 353 g/mol. The Hall–Kier alpha value is 0.886. The van der Waals surface area contributed by atoms with Crippen molar-refractivity contribution in [3.8, 4) is 0 Å². The molecule has 0 N–H and O–H groups in total. The van der Waals surface area contributed by atoms with Crippen LogP contribution in [-0.2, 0) is 25.9 Å². The summed E-state index contributed by atoms with van der Waals surface area (Å²) in [6, 6.07) is 0. The Bertz CT molecular complexity index is 217. The van der Waals surface area contributed by atoms with Crippen LogP contribution in [0.25, 0.3) is 0 Å². The normalized spacial score (nSPS) is 12.8. The van der Waals surface area contributed by atoms with Gasteiger partial charge in [0.15, 0.2) is 0 Å². The van der Waals surface area contributed by atoms with Gasteiger partial charge in [-0.15, -0.1) is 0 Å². The van der Waals surface area contributed by atoms with Gasteiger partial charge in [0.25, 0.3) is 0 Å². The second kappa shape index (κ2) is 23.2. The standard InChI is InChI=1S/2C7H17O2P.Co/c2*1-2-3-4-5-6-7-10(8)9;/h2*10H,2-7H2,1H3,(H,8,9);/q;;+2/p-2. The quantitative estimate of drug-likeness (QED) is 0.380. The van der Waals surface area contributed by atoms with E-state index < -0.39 is 16.1 Å². The van der Waals surface area contributed by atoms with Crippen molar-refractivity contribution in [2.75, 3.05) is 12.3 Å². The molecule has 21 heavy (non-hydrogen) atoms. The van der Waals surface area contributed by atoms with E-state index in [9.17, 15) is 18.9 Å². The monoisotopic (exact) mass is 385 g/mol. The average molecular weight is 385 g/mol. The SMILES string of the molecule is CCCCCCC[PH](=O)[O-].CCCCCCC[PH](=O)[O-].[Co+2]. The molecule has 0 saturated carbocycles. The Morgan fingerprint density at radius 1 is 0.619 bits per heavy atom. The molecule has 131 valence electrons. The second-order valence-electron chi connectivity index (χ2n) is 5.07. The van der Waals surface area contributed by atoms with Crippen LogP contribution < -0.4 is 9.79 Å². The van der Waals surface area contributed by atoms with Gasteiger partial charge in [0.1, 0.15) is 0 Å². The smallest absolute Gasteiger partial charge is 0.802 e. The number of unbranched alkanes of at least 4 members (excludes halogenated alkanes) is 8. The summed E-state index contributed by atoms with van der Waals surface area (Å²) in [4.78, 5) is 20.2. The van der Waals surface area contributed by atoms with E-state index in [1.165, 1.54) is 38.5 Å². The molecule has 0 aromatic heterocycles. The maximum absolute atomic E-state index is 10.1. The van der Waals surface area contributed by atoms with Crippen LogP contribution in [-0.4, -0.2) is 12.3 Å². The van der Waals surface area contributed by atoms with Gasteiger partial charge < -0.3 is 18.9 Å². The van der Waals surface area contributed by atoms with E-state index in [2.05, 4.69) is 13.8 Å². The molecule has 0 fully saturated rings. The molecule has 0 aliphatic carbocycles. The van der Waals surface area contributed by atoms with Crippen LogP contribution in [0.2, 0.25) is 0 Å². The first-order valence-corrected chi connectivity index (χ1v) is 11.0. The fraction of sp³-hybridized carbons (Fsp3) is 1.00. The van der Waals surface area contributed by atoms with Gasteiger partial charge in [-0.25, -0.2) is 0 Å². The maximum Gasteiger partial charge on any atom is 2.00 e. The molecule has 0 bridgehead atoms. The molecule has 0 aliphatic heterocycles. The third kappa shape index (κ3) is 33.6. The number of rotatable bonds is 12. The van der Waals surface area contributed by atoms with Crippen LogP contribution in [0.5, 0.6) is 0 Å². The van der Waals surface area contributed by atoms with Gasteiger partial charge in [0.2, 0.25) is 0 Å². The zero-order chi connectivity index (χ0) is 15.6. The van der Waals surface area contributed by atoms with Crippen LogP contribution in [0, 0.1) is 0 Å². The Morgan fingerprint density at radius 2 is 0.905 bits per heavy atom. The summed E-state index contributed by atoms with van der Waals surface area (Å²) >= 11 is 0. The van der Waals surface area contributed by atoms with E-state index in [4.69, 9.17) is 0 Å². The molecule has 0 saturated heterocycles. The van der Waals surface area contributed by atoms with Crippen molar-refractivity contribution in [1.29, 1.82) is 0 Å². The summed E-state index contributed by atoms with van der Waals surface area (Å²) in [5.41, 5.74) is 0. The molecular formula is C14H32CoO4P2. The summed E-state index contributed by atoms with van der Waals surface area (Å²) in [5, 5.41) is 0. The zero-order valence-corrected chi connectivity index (χ0v) is 16.5. The summed E-state index contributed by atoms with van der Waals surface area (Å²) in [6.07, 6.45) is 12.0. The summed E-state index contributed by atoms with van der Waals surface area (Å²) < 4.78 is 20.2. The Kier molecular flexibility index (Phi) is 29.5. The minimum Gasteiger partial charge on any atom is -0.802 e. The van der Waals surface area contributed by atoms with Crippen molar-refractivity contribution in [2.45, 2.75) is 78.1 Å². The minimum absolute atomic E-state index is 0. The van der Waals surface area contributed by atoms with Gasteiger partial charge in [-0.3, -0.25) is 0 Å². The maximum atomic E-state index is 10.1. The molecule has 2 unspecified atom stereocenters. The molecule has 7 heteroatoms. The van der Waals surface area contributed by atoms with Gasteiger partial charge in [-0.05, 0) is 25.2 Å². The van der Waals surface area contributed by atoms with Crippen LogP contribution >= 0.6 is 16.1 Å². The summed E-state index contributed by atoms with van der Waals surface area (Å²) in [6.45, 7) is 4.30. The first-order chi connectivity index (χ1) is 9.54. The molecule has 0 amide bonds. The van der Waals surface area contributed by atoms with Crippen molar-refractivity contribution < 1.29 is 35.7 Å². The number of hydrogen-bond donors (Lipinski definition) is 0. The van der Waals surface area contributed by atoms with Crippen molar-refractivity contribution in [1.82, 2.24) is 0 Å². The molecule has 1 radical (unpaired) electrons. The van der Waals surface area contributed by atoms with Gasteiger partial charge >= 0.3 is 16.8 Å². The minimum atomic E-state index is -2.42. The van der Waals surface area contributed by atoms with Crippen LogP contribution in [0.4, 0.5) is 0 Å². The van der Waals surface area contributed by atoms with E-state index in [-0.39, 0.29) is 16.8 Å². The predicted octanol–water partition coefficient (Wildman–Crippen LogP) is 3.58. The largest absolute Gasteiger partial charge is 2.00 e. The first kappa shape index (κ1) is 26.8. The van der Waals surface area contributed by atoms with E-state index >= 15 is 0 Å². The van der Waals surface area contributed by atoms with Crippen molar-refractivity contribution in [3.63, 3.8) is 0 Å². The van der Waals surface area contributed by atoms with Crippen molar-refractivity contribution >= 4 is 16.1 Å². The van der Waals surface area contributed by atoms with E-state index in [1.54, 1.807) is 0 Å². The fourth-order valence-electron chi connectivity index (χ4n) is 1.75. The Balaban J connectivity index is -0.000000295. The Morgan fingerprint density at radius 3 is 1.14 bits per heavy atom. The second-order valence-corrected chi connectivity index (χ2v) is 7.56. The zero-order valence-electron chi connectivity index (χ0n) is 13.5. The topological polar surface area (TPSA) is 80.3 Å². The van der Waals surface area contributed by atoms with Crippen LogP contribution in [0.3, 0.4) is 0 Å². The fourth-order valence-corrected chi connectivity index (χ4v) is 2.82. The van der Waals surface area contributed by atoms with Crippen LogP contribution in [0.1, 0.15) is 78.1 Å². The Labute approximate surface area is 142 Å². The van der Waals surface area contributed by atoms with Crippen LogP contribution in [0.15, 0.2) is 0 Å². The molecule has 0 spiro atoms. The number of hydrogen-bond acceptors (Lipinski definition) is 4. The third-order valence-corrected chi connectivity index (χ3v) is 4.49.